The lowest BCUT2D eigenvalue weighted by atomic mass is 10.0. The van der Waals surface area contributed by atoms with E-state index >= 15 is 0 Å². The summed E-state index contributed by atoms with van der Waals surface area (Å²) >= 11 is 0. The average Bonchev–Trinajstić information content (AvgIpc) is 2.54. The maximum Gasteiger partial charge on any atom is 0.120 e. The van der Waals surface area contributed by atoms with E-state index in [4.69, 9.17) is 4.74 Å². The van der Waals surface area contributed by atoms with Crippen LogP contribution in [0.25, 0.3) is 0 Å². The first-order valence-corrected chi connectivity index (χ1v) is 8.16. The van der Waals surface area contributed by atoms with Crippen LogP contribution < -0.4 is 4.74 Å². The van der Waals surface area contributed by atoms with Gasteiger partial charge in [0, 0.05) is 12.6 Å². The molecule has 23 heavy (non-hydrogen) atoms. The minimum absolute atomic E-state index is 0.0204. The molecule has 0 aliphatic carbocycles. The first kappa shape index (κ1) is 17.5. The van der Waals surface area contributed by atoms with E-state index in [-0.39, 0.29) is 12.1 Å². The molecule has 3 nitrogen and oxygen atoms in total. The van der Waals surface area contributed by atoms with E-state index in [1.165, 1.54) is 5.56 Å². The van der Waals surface area contributed by atoms with Gasteiger partial charge >= 0.3 is 0 Å². The fourth-order valence-corrected chi connectivity index (χ4v) is 2.59. The second-order valence-corrected chi connectivity index (χ2v) is 6.33. The van der Waals surface area contributed by atoms with Crippen LogP contribution in [0.4, 0.5) is 0 Å². The Hall–Kier alpha value is -1.84. The summed E-state index contributed by atoms with van der Waals surface area (Å²) < 4.78 is 5.75. The van der Waals surface area contributed by atoms with Gasteiger partial charge in [-0.15, -0.1) is 0 Å². The van der Waals surface area contributed by atoms with Crippen molar-refractivity contribution >= 4 is 0 Å². The molecule has 2 rings (SSSR count). The first-order chi connectivity index (χ1) is 11.0. The van der Waals surface area contributed by atoms with Crippen LogP contribution in [0.5, 0.6) is 5.75 Å². The molecule has 0 fully saturated rings. The van der Waals surface area contributed by atoms with Crippen molar-refractivity contribution in [3.8, 4) is 5.75 Å². The largest absolute Gasteiger partial charge is 0.491 e. The van der Waals surface area contributed by atoms with Gasteiger partial charge in [-0.3, -0.25) is 4.90 Å². The SMILES string of the molecule is CC(C)Oc1cccc(CN(C)C(C)C(O)c2ccccc2)c1. The number of benzene rings is 2. The maximum absolute atomic E-state index is 10.5. The van der Waals surface area contributed by atoms with E-state index in [1.54, 1.807) is 0 Å². The number of ether oxygens (including phenoxy) is 1. The Morgan fingerprint density at radius 1 is 1.00 bits per heavy atom. The van der Waals surface area contributed by atoms with Crippen LogP contribution in [0, 0.1) is 0 Å². The Kier molecular flexibility index (Phi) is 6.20. The molecule has 0 radical (unpaired) electrons. The zero-order chi connectivity index (χ0) is 16.8. The lowest BCUT2D eigenvalue weighted by Crippen LogP contribution is -2.33. The molecule has 0 saturated heterocycles. The Bertz CT molecular complexity index is 598. The van der Waals surface area contributed by atoms with Gasteiger partial charge in [0.1, 0.15) is 5.75 Å². The van der Waals surface area contributed by atoms with E-state index in [0.29, 0.717) is 0 Å². The fraction of sp³-hybridized carbons (Fsp3) is 0.400. The predicted octanol–water partition coefficient (Wildman–Crippen LogP) is 4.03. The van der Waals surface area contributed by atoms with Crippen LogP contribution >= 0.6 is 0 Å². The minimum atomic E-state index is -0.503. The van der Waals surface area contributed by atoms with Crippen LogP contribution in [0.1, 0.15) is 38.0 Å². The molecular weight excluding hydrogens is 286 g/mol. The molecule has 0 aliphatic heterocycles. The van der Waals surface area contributed by atoms with Crippen molar-refractivity contribution in [2.24, 2.45) is 0 Å². The summed E-state index contributed by atoms with van der Waals surface area (Å²) in [6.45, 7) is 6.86. The molecule has 0 heterocycles. The summed E-state index contributed by atoms with van der Waals surface area (Å²) in [5.41, 5.74) is 2.13. The molecule has 0 aliphatic rings. The minimum Gasteiger partial charge on any atom is -0.491 e. The number of rotatable bonds is 7. The molecule has 124 valence electrons. The molecule has 1 N–H and O–H groups in total. The molecule has 0 spiro atoms. The van der Waals surface area contributed by atoms with Crippen molar-refractivity contribution in [2.75, 3.05) is 7.05 Å². The van der Waals surface area contributed by atoms with Crippen molar-refractivity contribution in [1.82, 2.24) is 4.90 Å². The molecule has 2 aromatic rings. The van der Waals surface area contributed by atoms with E-state index in [9.17, 15) is 5.11 Å². The molecule has 2 aromatic carbocycles. The summed E-state index contributed by atoms with van der Waals surface area (Å²) in [5, 5.41) is 10.5. The smallest absolute Gasteiger partial charge is 0.120 e. The fourth-order valence-electron chi connectivity index (χ4n) is 2.59. The van der Waals surface area contributed by atoms with Gasteiger partial charge in [-0.25, -0.2) is 0 Å². The van der Waals surface area contributed by atoms with Gasteiger partial charge in [-0.2, -0.15) is 0 Å². The molecule has 2 atom stereocenters. The highest BCUT2D eigenvalue weighted by molar-refractivity contribution is 5.28. The highest BCUT2D eigenvalue weighted by Crippen LogP contribution is 2.22. The van der Waals surface area contributed by atoms with Crippen molar-refractivity contribution < 1.29 is 9.84 Å². The average molecular weight is 313 g/mol. The van der Waals surface area contributed by atoms with Gasteiger partial charge in [-0.05, 0) is 51.1 Å². The quantitative estimate of drug-likeness (QED) is 0.838. The third kappa shape index (κ3) is 5.08. The normalized spacial score (nSPS) is 14.0. The monoisotopic (exact) mass is 313 g/mol. The molecule has 0 bridgehead atoms. The molecule has 0 amide bonds. The number of aliphatic hydroxyl groups excluding tert-OH is 1. The first-order valence-electron chi connectivity index (χ1n) is 8.16. The lowest BCUT2D eigenvalue weighted by molar-refractivity contribution is 0.0688. The molecule has 0 saturated carbocycles. The Balaban J connectivity index is 2.02. The Morgan fingerprint density at radius 3 is 2.35 bits per heavy atom. The summed E-state index contributed by atoms with van der Waals surface area (Å²) in [6.07, 6.45) is -0.335. The van der Waals surface area contributed by atoms with Crippen LogP contribution in [-0.2, 0) is 6.54 Å². The Labute approximate surface area is 139 Å². The summed E-state index contributed by atoms with van der Waals surface area (Å²) in [7, 11) is 2.03. The van der Waals surface area contributed by atoms with E-state index in [2.05, 4.69) is 17.0 Å². The van der Waals surface area contributed by atoms with Gasteiger partial charge < -0.3 is 9.84 Å². The molecular formula is C20H27NO2. The van der Waals surface area contributed by atoms with Crippen molar-refractivity contribution in [2.45, 2.75) is 45.6 Å². The number of hydrogen-bond donors (Lipinski definition) is 1. The van der Waals surface area contributed by atoms with Gasteiger partial charge in [0.15, 0.2) is 0 Å². The standard InChI is InChI=1S/C20H27NO2/c1-15(2)23-19-12-8-9-17(13-19)14-21(4)16(3)20(22)18-10-6-5-7-11-18/h5-13,15-16,20,22H,14H2,1-4H3. The third-order valence-electron chi connectivity index (χ3n) is 4.00. The number of nitrogens with zero attached hydrogens (tertiary/aromatic N) is 1. The zero-order valence-electron chi connectivity index (χ0n) is 14.4. The van der Waals surface area contributed by atoms with E-state index in [0.717, 1.165) is 17.9 Å². The molecule has 0 aromatic heterocycles. The lowest BCUT2D eigenvalue weighted by Gasteiger charge is -2.29. The van der Waals surface area contributed by atoms with Crippen molar-refractivity contribution in [3.05, 3.63) is 65.7 Å². The van der Waals surface area contributed by atoms with E-state index in [1.807, 2.05) is 70.3 Å². The topological polar surface area (TPSA) is 32.7 Å². The summed E-state index contributed by atoms with van der Waals surface area (Å²) in [4.78, 5) is 2.16. The van der Waals surface area contributed by atoms with E-state index < -0.39 is 6.10 Å². The van der Waals surface area contributed by atoms with Crippen LogP contribution in [0.15, 0.2) is 54.6 Å². The van der Waals surface area contributed by atoms with Crippen molar-refractivity contribution in [3.63, 3.8) is 0 Å². The highest BCUT2D eigenvalue weighted by Gasteiger charge is 2.20. The second kappa shape index (κ2) is 8.14. The summed E-state index contributed by atoms with van der Waals surface area (Å²) in [6, 6.07) is 18.0. The van der Waals surface area contributed by atoms with Crippen LogP contribution in [0.2, 0.25) is 0 Å². The zero-order valence-corrected chi connectivity index (χ0v) is 14.4. The summed E-state index contributed by atoms with van der Waals surface area (Å²) in [5.74, 6) is 0.891. The van der Waals surface area contributed by atoms with Crippen LogP contribution in [-0.4, -0.2) is 29.2 Å². The van der Waals surface area contributed by atoms with Crippen molar-refractivity contribution in [1.29, 1.82) is 0 Å². The number of hydrogen-bond acceptors (Lipinski definition) is 3. The van der Waals surface area contributed by atoms with Gasteiger partial charge in [0.2, 0.25) is 0 Å². The number of likely N-dealkylation sites (N-methyl/N-ethyl adjacent to an activating group) is 1. The highest BCUT2D eigenvalue weighted by atomic mass is 16.5. The maximum atomic E-state index is 10.5. The number of aliphatic hydroxyl groups is 1. The predicted molar refractivity (Wildman–Crippen MR) is 94.5 cm³/mol. The third-order valence-corrected chi connectivity index (χ3v) is 4.00. The molecule has 2 unspecified atom stereocenters. The molecule has 3 heteroatoms. The van der Waals surface area contributed by atoms with Crippen LogP contribution in [0.3, 0.4) is 0 Å². The Morgan fingerprint density at radius 2 is 1.70 bits per heavy atom. The second-order valence-electron chi connectivity index (χ2n) is 6.33. The van der Waals surface area contributed by atoms with Gasteiger partial charge in [0.05, 0.1) is 12.2 Å². The van der Waals surface area contributed by atoms with Gasteiger partial charge in [0.25, 0.3) is 0 Å². The van der Waals surface area contributed by atoms with Gasteiger partial charge in [-0.1, -0.05) is 42.5 Å².